The standard InChI is InChI=1S/C18H17NS/c1-13-8-9-17-15(10-13)12-16(18(19-17)20-2)11-14-6-4-3-5-7-14/h3-10,12H,11H2,1-2H3. The number of hydrogen-bond donors (Lipinski definition) is 0. The van der Waals surface area contributed by atoms with Gasteiger partial charge in [-0.3, -0.25) is 0 Å². The molecule has 0 saturated carbocycles. The van der Waals surface area contributed by atoms with Crippen molar-refractivity contribution in [3.63, 3.8) is 0 Å². The minimum Gasteiger partial charge on any atom is -0.241 e. The Kier molecular flexibility index (Phi) is 3.75. The van der Waals surface area contributed by atoms with Crippen LogP contribution in [0.3, 0.4) is 0 Å². The average molecular weight is 279 g/mol. The molecule has 0 fully saturated rings. The zero-order valence-corrected chi connectivity index (χ0v) is 12.6. The fourth-order valence-electron chi connectivity index (χ4n) is 2.44. The molecule has 0 aliphatic heterocycles. The maximum atomic E-state index is 4.79. The van der Waals surface area contributed by atoms with Crippen molar-refractivity contribution in [1.29, 1.82) is 0 Å². The summed E-state index contributed by atoms with van der Waals surface area (Å²) in [6.07, 6.45) is 3.03. The van der Waals surface area contributed by atoms with Gasteiger partial charge in [0.25, 0.3) is 0 Å². The normalized spacial score (nSPS) is 10.9. The molecule has 0 spiro atoms. The number of nitrogens with zero attached hydrogens (tertiary/aromatic N) is 1. The molecule has 3 rings (SSSR count). The lowest BCUT2D eigenvalue weighted by Crippen LogP contribution is -1.95. The van der Waals surface area contributed by atoms with Crippen LogP contribution in [0.2, 0.25) is 0 Å². The topological polar surface area (TPSA) is 12.9 Å². The Morgan fingerprint density at radius 1 is 1.00 bits per heavy atom. The second-order valence-electron chi connectivity index (χ2n) is 5.02. The minimum absolute atomic E-state index is 0.938. The summed E-state index contributed by atoms with van der Waals surface area (Å²) in [4.78, 5) is 4.79. The van der Waals surface area contributed by atoms with E-state index >= 15 is 0 Å². The van der Waals surface area contributed by atoms with Crippen LogP contribution in [-0.2, 0) is 6.42 Å². The van der Waals surface area contributed by atoms with Gasteiger partial charge in [0.15, 0.2) is 0 Å². The summed E-state index contributed by atoms with van der Waals surface area (Å²) < 4.78 is 0. The molecule has 2 heteroatoms. The highest BCUT2D eigenvalue weighted by Gasteiger charge is 2.07. The number of hydrogen-bond acceptors (Lipinski definition) is 2. The highest BCUT2D eigenvalue weighted by atomic mass is 32.2. The van der Waals surface area contributed by atoms with Crippen molar-refractivity contribution in [2.75, 3.05) is 6.26 Å². The summed E-state index contributed by atoms with van der Waals surface area (Å²) in [6, 6.07) is 19.3. The average Bonchev–Trinajstić information content (AvgIpc) is 2.47. The van der Waals surface area contributed by atoms with E-state index in [1.54, 1.807) is 11.8 Å². The van der Waals surface area contributed by atoms with Crippen LogP contribution in [0.15, 0.2) is 59.6 Å². The van der Waals surface area contributed by atoms with Gasteiger partial charge in [0.05, 0.1) is 10.5 Å². The summed E-state index contributed by atoms with van der Waals surface area (Å²) >= 11 is 1.72. The van der Waals surface area contributed by atoms with Crippen molar-refractivity contribution < 1.29 is 0 Å². The number of thioether (sulfide) groups is 1. The van der Waals surface area contributed by atoms with Crippen LogP contribution in [0.4, 0.5) is 0 Å². The molecule has 0 aliphatic carbocycles. The summed E-state index contributed by atoms with van der Waals surface area (Å²) in [5, 5.41) is 2.36. The Labute approximate surface area is 124 Å². The summed E-state index contributed by atoms with van der Waals surface area (Å²) in [5.74, 6) is 0. The molecule has 0 aliphatic rings. The first kappa shape index (κ1) is 13.2. The van der Waals surface area contributed by atoms with Gasteiger partial charge in [-0.25, -0.2) is 4.98 Å². The quantitative estimate of drug-likeness (QED) is 0.635. The summed E-state index contributed by atoms with van der Waals surface area (Å²) in [5.41, 5.74) is 5.00. The van der Waals surface area contributed by atoms with Crippen LogP contribution < -0.4 is 0 Å². The Morgan fingerprint density at radius 2 is 1.80 bits per heavy atom. The molecular formula is C18H17NS. The fourth-order valence-corrected chi connectivity index (χ4v) is 3.02. The highest BCUT2D eigenvalue weighted by Crippen LogP contribution is 2.26. The van der Waals surface area contributed by atoms with E-state index in [9.17, 15) is 0 Å². The molecule has 1 heterocycles. The minimum atomic E-state index is 0.938. The number of benzene rings is 2. The van der Waals surface area contributed by atoms with E-state index in [0.717, 1.165) is 17.0 Å². The van der Waals surface area contributed by atoms with E-state index in [-0.39, 0.29) is 0 Å². The van der Waals surface area contributed by atoms with Crippen molar-refractivity contribution in [1.82, 2.24) is 4.98 Å². The van der Waals surface area contributed by atoms with Gasteiger partial charge < -0.3 is 0 Å². The fraction of sp³-hybridized carbons (Fsp3) is 0.167. The number of aromatic nitrogens is 1. The zero-order chi connectivity index (χ0) is 13.9. The van der Waals surface area contributed by atoms with Gasteiger partial charge in [-0.15, -0.1) is 11.8 Å². The van der Waals surface area contributed by atoms with Crippen molar-refractivity contribution >= 4 is 22.7 Å². The summed E-state index contributed by atoms with van der Waals surface area (Å²) in [7, 11) is 0. The Bertz CT molecular complexity index is 735. The van der Waals surface area contributed by atoms with Crippen LogP contribution in [-0.4, -0.2) is 11.2 Å². The number of pyridine rings is 1. The molecule has 0 radical (unpaired) electrons. The highest BCUT2D eigenvalue weighted by molar-refractivity contribution is 7.98. The molecule has 2 aromatic carbocycles. The van der Waals surface area contributed by atoms with Crippen molar-refractivity contribution in [3.8, 4) is 0 Å². The van der Waals surface area contributed by atoms with E-state index < -0.39 is 0 Å². The molecule has 0 unspecified atom stereocenters. The molecule has 0 atom stereocenters. The predicted molar refractivity (Wildman–Crippen MR) is 87.5 cm³/mol. The first-order valence-corrected chi connectivity index (χ1v) is 7.97. The lowest BCUT2D eigenvalue weighted by molar-refractivity contribution is 1.05. The van der Waals surface area contributed by atoms with Gasteiger partial charge in [-0.1, -0.05) is 42.0 Å². The Balaban J connectivity index is 2.08. The molecule has 1 aromatic heterocycles. The number of aryl methyl sites for hydroxylation is 1. The largest absolute Gasteiger partial charge is 0.241 e. The molecule has 0 amide bonds. The van der Waals surface area contributed by atoms with Gasteiger partial charge in [0, 0.05) is 11.8 Å². The molecule has 3 aromatic rings. The van der Waals surface area contributed by atoms with E-state index in [1.165, 1.54) is 22.1 Å². The van der Waals surface area contributed by atoms with E-state index in [1.807, 2.05) is 0 Å². The Morgan fingerprint density at radius 3 is 2.55 bits per heavy atom. The lowest BCUT2D eigenvalue weighted by Gasteiger charge is -2.09. The van der Waals surface area contributed by atoms with Crippen LogP contribution >= 0.6 is 11.8 Å². The molecular weight excluding hydrogens is 262 g/mol. The van der Waals surface area contributed by atoms with Crippen LogP contribution in [0, 0.1) is 6.92 Å². The first-order chi connectivity index (χ1) is 9.76. The zero-order valence-electron chi connectivity index (χ0n) is 11.8. The monoisotopic (exact) mass is 279 g/mol. The maximum absolute atomic E-state index is 4.79. The van der Waals surface area contributed by atoms with Crippen LogP contribution in [0.5, 0.6) is 0 Å². The van der Waals surface area contributed by atoms with E-state index in [4.69, 9.17) is 4.98 Å². The van der Waals surface area contributed by atoms with Gasteiger partial charge in [0.2, 0.25) is 0 Å². The SMILES string of the molecule is CSc1nc2ccc(C)cc2cc1Cc1ccccc1. The Hall–Kier alpha value is -1.80. The number of rotatable bonds is 3. The second kappa shape index (κ2) is 5.68. The third kappa shape index (κ3) is 2.70. The summed E-state index contributed by atoms with van der Waals surface area (Å²) in [6.45, 7) is 2.12. The van der Waals surface area contributed by atoms with Crippen molar-refractivity contribution in [3.05, 3.63) is 71.3 Å². The molecule has 0 N–H and O–H groups in total. The van der Waals surface area contributed by atoms with Crippen LogP contribution in [0.1, 0.15) is 16.7 Å². The second-order valence-corrected chi connectivity index (χ2v) is 5.81. The first-order valence-electron chi connectivity index (χ1n) is 6.74. The molecule has 100 valence electrons. The smallest absolute Gasteiger partial charge is 0.1000 e. The molecule has 0 saturated heterocycles. The molecule has 1 nitrogen and oxygen atoms in total. The van der Waals surface area contributed by atoms with Gasteiger partial charge >= 0.3 is 0 Å². The van der Waals surface area contributed by atoms with Gasteiger partial charge in [-0.05, 0) is 42.5 Å². The van der Waals surface area contributed by atoms with E-state index in [2.05, 4.69) is 67.8 Å². The van der Waals surface area contributed by atoms with Crippen molar-refractivity contribution in [2.24, 2.45) is 0 Å². The third-order valence-corrected chi connectivity index (χ3v) is 4.18. The lowest BCUT2D eigenvalue weighted by atomic mass is 10.0. The third-order valence-electron chi connectivity index (χ3n) is 3.44. The van der Waals surface area contributed by atoms with Gasteiger partial charge in [0.1, 0.15) is 0 Å². The van der Waals surface area contributed by atoms with Crippen molar-refractivity contribution in [2.45, 2.75) is 18.4 Å². The molecule has 0 bridgehead atoms. The number of fused-ring (bicyclic) bond motifs is 1. The van der Waals surface area contributed by atoms with Crippen LogP contribution in [0.25, 0.3) is 10.9 Å². The van der Waals surface area contributed by atoms with E-state index in [0.29, 0.717) is 0 Å². The maximum Gasteiger partial charge on any atom is 0.1000 e. The molecule has 20 heavy (non-hydrogen) atoms. The predicted octanol–water partition coefficient (Wildman–Crippen LogP) is 4.86. The van der Waals surface area contributed by atoms with Gasteiger partial charge in [-0.2, -0.15) is 0 Å².